The standard InChI is InChI=1S/C13H11F2N3O/c14-11-5-4-10(7-12(11)15)18-13(19)17-9-3-1-2-8(16)6-9/h1-7H,16H2,(H2,17,18,19). The van der Waals surface area contributed by atoms with E-state index in [9.17, 15) is 13.6 Å². The van der Waals surface area contributed by atoms with Crippen molar-refractivity contribution in [3.8, 4) is 0 Å². The Kier molecular flexibility index (Phi) is 3.61. The molecule has 0 spiro atoms. The van der Waals surface area contributed by atoms with E-state index in [1.165, 1.54) is 6.07 Å². The van der Waals surface area contributed by atoms with Crippen LogP contribution in [0.4, 0.5) is 30.6 Å². The zero-order valence-corrected chi connectivity index (χ0v) is 9.78. The van der Waals surface area contributed by atoms with Gasteiger partial charge in [0.1, 0.15) is 0 Å². The summed E-state index contributed by atoms with van der Waals surface area (Å²) in [5, 5.41) is 4.90. The summed E-state index contributed by atoms with van der Waals surface area (Å²) < 4.78 is 25.7. The Morgan fingerprint density at radius 2 is 1.63 bits per heavy atom. The number of carbonyl (C=O) groups is 1. The van der Waals surface area contributed by atoms with Gasteiger partial charge >= 0.3 is 6.03 Å². The summed E-state index contributed by atoms with van der Waals surface area (Å²) in [6.07, 6.45) is 0. The van der Waals surface area contributed by atoms with Gasteiger partial charge in [-0.1, -0.05) is 6.07 Å². The molecule has 0 heterocycles. The summed E-state index contributed by atoms with van der Waals surface area (Å²) in [6, 6.07) is 9.11. The van der Waals surface area contributed by atoms with Crippen LogP contribution in [0, 0.1) is 11.6 Å². The Morgan fingerprint density at radius 1 is 0.947 bits per heavy atom. The molecule has 98 valence electrons. The van der Waals surface area contributed by atoms with E-state index in [1.54, 1.807) is 24.3 Å². The van der Waals surface area contributed by atoms with Crippen molar-refractivity contribution in [3.63, 3.8) is 0 Å². The number of rotatable bonds is 2. The molecule has 6 heteroatoms. The number of carbonyl (C=O) groups excluding carboxylic acids is 1. The number of hydrogen-bond acceptors (Lipinski definition) is 2. The number of hydrogen-bond donors (Lipinski definition) is 3. The lowest BCUT2D eigenvalue weighted by Gasteiger charge is -2.08. The summed E-state index contributed by atoms with van der Waals surface area (Å²) >= 11 is 0. The normalized spacial score (nSPS) is 10.0. The molecule has 0 fully saturated rings. The summed E-state index contributed by atoms with van der Waals surface area (Å²) in [5.41, 5.74) is 6.72. The van der Waals surface area contributed by atoms with E-state index >= 15 is 0 Å². The first kappa shape index (κ1) is 12.8. The Balaban J connectivity index is 2.03. The van der Waals surface area contributed by atoms with Gasteiger partial charge in [0.15, 0.2) is 11.6 Å². The molecular formula is C13H11F2N3O. The first-order valence-electron chi connectivity index (χ1n) is 5.43. The summed E-state index contributed by atoms with van der Waals surface area (Å²) in [4.78, 5) is 11.6. The van der Waals surface area contributed by atoms with Crippen LogP contribution >= 0.6 is 0 Å². The van der Waals surface area contributed by atoms with Crippen LogP contribution in [0.5, 0.6) is 0 Å². The number of nitrogens with one attached hydrogen (secondary N) is 2. The van der Waals surface area contributed by atoms with E-state index in [2.05, 4.69) is 10.6 Å². The molecule has 2 rings (SSSR count). The van der Waals surface area contributed by atoms with Crippen molar-refractivity contribution in [3.05, 3.63) is 54.1 Å². The van der Waals surface area contributed by atoms with Crippen molar-refractivity contribution in [1.82, 2.24) is 0 Å². The molecular weight excluding hydrogens is 252 g/mol. The third kappa shape index (κ3) is 3.41. The van der Waals surface area contributed by atoms with Crippen LogP contribution in [0.2, 0.25) is 0 Å². The van der Waals surface area contributed by atoms with Crippen LogP contribution in [0.25, 0.3) is 0 Å². The number of nitrogen functional groups attached to an aromatic ring is 1. The minimum atomic E-state index is -1.03. The topological polar surface area (TPSA) is 67.1 Å². The van der Waals surface area contributed by atoms with Crippen molar-refractivity contribution in [1.29, 1.82) is 0 Å². The number of benzene rings is 2. The molecule has 0 aliphatic rings. The van der Waals surface area contributed by atoms with E-state index < -0.39 is 17.7 Å². The third-order valence-corrected chi connectivity index (χ3v) is 2.32. The highest BCUT2D eigenvalue weighted by Crippen LogP contribution is 2.15. The SMILES string of the molecule is Nc1cccc(NC(=O)Nc2ccc(F)c(F)c2)c1. The second kappa shape index (κ2) is 5.34. The maximum Gasteiger partial charge on any atom is 0.323 e. The van der Waals surface area contributed by atoms with Gasteiger partial charge in [0.05, 0.1) is 0 Å². The minimum Gasteiger partial charge on any atom is -0.399 e. The number of halogens is 2. The maximum absolute atomic E-state index is 12.9. The van der Waals surface area contributed by atoms with E-state index in [4.69, 9.17) is 5.73 Å². The molecule has 0 bridgehead atoms. The fourth-order valence-electron chi connectivity index (χ4n) is 1.48. The quantitative estimate of drug-likeness (QED) is 0.728. The molecule has 0 atom stereocenters. The largest absolute Gasteiger partial charge is 0.399 e. The predicted octanol–water partition coefficient (Wildman–Crippen LogP) is 3.19. The van der Waals surface area contributed by atoms with E-state index in [0.29, 0.717) is 11.4 Å². The molecule has 0 radical (unpaired) electrons. The van der Waals surface area contributed by atoms with Gasteiger partial charge in [-0.15, -0.1) is 0 Å². The Bertz CT molecular complexity index is 617. The predicted molar refractivity (Wildman–Crippen MR) is 69.9 cm³/mol. The summed E-state index contributed by atoms with van der Waals surface area (Å²) in [7, 11) is 0. The molecule has 0 aromatic heterocycles. The van der Waals surface area contributed by atoms with Crippen molar-refractivity contribution in [2.24, 2.45) is 0 Å². The molecule has 0 unspecified atom stereocenters. The highest BCUT2D eigenvalue weighted by atomic mass is 19.2. The zero-order chi connectivity index (χ0) is 13.8. The van der Waals surface area contributed by atoms with Crippen LogP contribution in [0.1, 0.15) is 0 Å². The minimum absolute atomic E-state index is 0.153. The average Bonchev–Trinajstić information content (AvgIpc) is 2.34. The van der Waals surface area contributed by atoms with Gasteiger partial charge in [-0.25, -0.2) is 13.6 Å². The van der Waals surface area contributed by atoms with Gasteiger partial charge in [0.25, 0.3) is 0 Å². The van der Waals surface area contributed by atoms with Crippen molar-refractivity contribution in [2.45, 2.75) is 0 Å². The second-order valence-electron chi connectivity index (χ2n) is 3.83. The van der Waals surface area contributed by atoms with Crippen LogP contribution in [-0.2, 0) is 0 Å². The van der Waals surface area contributed by atoms with Crippen LogP contribution in [0.15, 0.2) is 42.5 Å². The van der Waals surface area contributed by atoms with E-state index in [-0.39, 0.29) is 5.69 Å². The Hall–Kier alpha value is -2.63. The van der Waals surface area contributed by atoms with E-state index in [0.717, 1.165) is 12.1 Å². The first-order valence-corrected chi connectivity index (χ1v) is 5.43. The van der Waals surface area contributed by atoms with Gasteiger partial charge in [-0.2, -0.15) is 0 Å². The molecule has 2 amide bonds. The monoisotopic (exact) mass is 263 g/mol. The van der Waals surface area contributed by atoms with Crippen LogP contribution < -0.4 is 16.4 Å². The lowest BCUT2D eigenvalue weighted by molar-refractivity contribution is 0.262. The fourth-order valence-corrected chi connectivity index (χ4v) is 1.48. The number of amides is 2. The molecule has 4 N–H and O–H groups in total. The molecule has 0 aliphatic carbocycles. The average molecular weight is 263 g/mol. The number of urea groups is 1. The molecule has 19 heavy (non-hydrogen) atoms. The molecule has 4 nitrogen and oxygen atoms in total. The lowest BCUT2D eigenvalue weighted by Crippen LogP contribution is -2.19. The molecule has 0 saturated carbocycles. The summed E-state index contributed by atoms with van der Waals surface area (Å²) in [6.45, 7) is 0. The highest BCUT2D eigenvalue weighted by Gasteiger charge is 2.06. The molecule has 2 aromatic rings. The smallest absolute Gasteiger partial charge is 0.323 e. The van der Waals surface area contributed by atoms with Gasteiger partial charge in [-0.05, 0) is 30.3 Å². The van der Waals surface area contributed by atoms with Gasteiger partial charge in [0, 0.05) is 23.1 Å². The van der Waals surface area contributed by atoms with Crippen molar-refractivity contribution in [2.75, 3.05) is 16.4 Å². The fraction of sp³-hybridized carbons (Fsp3) is 0. The van der Waals surface area contributed by atoms with Gasteiger partial charge in [-0.3, -0.25) is 0 Å². The lowest BCUT2D eigenvalue weighted by atomic mass is 10.3. The molecule has 0 saturated heterocycles. The Morgan fingerprint density at radius 3 is 2.26 bits per heavy atom. The molecule has 2 aromatic carbocycles. The number of nitrogens with two attached hydrogens (primary N) is 1. The Labute approximate surface area is 108 Å². The van der Waals surface area contributed by atoms with E-state index in [1.807, 2.05) is 0 Å². The highest BCUT2D eigenvalue weighted by molar-refractivity contribution is 5.99. The van der Waals surface area contributed by atoms with Crippen LogP contribution in [-0.4, -0.2) is 6.03 Å². The van der Waals surface area contributed by atoms with Crippen molar-refractivity contribution >= 4 is 23.1 Å². The second-order valence-corrected chi connectivity index (χ2v) is 3.83. The van der Waals surface area contributed by atoms with Gasteiger partial charge < -0.3 is 16.4 Å². The summed E-state index contributed by atoms with van der Waals surface area (Å²) in [5.74, 6) is -2.00. The molecule has 0 aliphatic heterocycles. The van der Waals surface area contributed by atoms with Gasteiger partial charge in [0.2, 0.25) is 0 Å². The van der Waals surface area contributed by atoms with Crippen molar-refractivity contribution < 1.29 is 13.6 Å². The maximum atomic E-state index is 12.9. The zero-order valence-electron chi connectivity index (χ0n) is 9.78. The number of anilines is 3. The first-order chi connectivity index (χ1) is 9.04. The van der Waals surface area contributed by atoms with Crippen LogP contribution in [0.3, 0.4) is 0 Å². The third-order valence-electron chi connectivity index (χ3n) is 2.32.